The summed E-state index contributed by atoms with van der Waals surface area (Å²) >= 11 is 0. The number of hydrogen-bond donors (Lipinski definition) is 1. The van der Waals surface area contributed by atoms with E-state index in [0.29, 0.717) is 11.1 Å². The highest BCUT2D eigenvalue weighted by atomic mass is 19.2. The highest BCUT2D eigenvalue weighted by Crippen LogP contribution is 2.26. The van der Waals surface area contributed by atoms with E-state index < -0.39 is 17.5 Å². The molecule has 0 fully saturated rings. The number of nitrogens with one attached hydrogen (secondary N) is 1. The predicted octanol–water partition coefficient (Wildman–Crippen LogP) is 4.44. The number of halogens is 3. The van der Waals surface area contributed by atoms with E-state index in [4.69, 9.17) is 0 Å². The van der Waals surface area contributed by atoms with Crippen LogP contribution in [0.2, 0.25) is 0 Å². The van der Waals surface area contributed by atoms with Crippen molar-refractivity contribution in [2.24, 2.45) is 0 Å². The van der Waals surface area contributed by atoms with Crippen LogP contribution in [0, 0.1) is 17.5 Å². The molecule has 0 amide bonds. The van der Waals surface area contributed by atoms with Crippen LogP contribution in [0.3, 0.4) is 0 Å². The van der Waals surface area contributed by atoms with E-state index in [9.17, 15) is 13.2 Å². The van der Waals surface area contributed by atoms with E-state index in [0.717, 1.165) is 24.2 Å². The van der Waals surface area contributed by atoms with Gasteiger partial charge in [0.15, 0.2) is 17.5 Å². The quantitative estimate of drug-likeness (QED) is 0.816. The van der Waals surface area contributed by atoms with Crippen LogP contribution in [0.1, 0.15) is 25.5 Å². The first-order chi connectivity index (χ1) is 9.52. The molecule has 0 aliphatic rings. The van der Waals surface area contributed by atoms with Crippen LogP contribution >= 0.6 is 0 Å². The second kappa shape index (κ2) is 6.09. The van der Waals surface area contributed by atoms with Crippen LogP contribution in [-0.2, 0) is 0 Å². The average molecular weight is 279 g/mol. The van der Waals surface area contributed by atoms with Gasteiger partial charge in [-0.1, -0.05) is 25.1 Å². The second-order valence-electron chi connectivity index (χ2n) is 4.66. The SMILES string of the molecule is CCNC(C)c1cccc(-c2cc(F)c(F)c(F)c2)c1. The van der Waals surface area contributed by atoms with Crippen LogP contribution < -0.4 is 5.32 Å². The fourth-order valence-corrected chi connectivity index (χ4v) is 2.13. The maximum atomic E-state index is 13.3. The van der Waals surface area contributed by atoms with E-state index in [2.05, 4.69) is 5.32 Å². The molecule has 1 atom stereocenters. The van der Waals surface area contributed by atoms with E-state index in [1.165, 1.54) is 0 Å². The van der Waals surface area contributed by atoms with Crippen molar-refractivity contribution in [2.45, 2.75) is 19.9 Å². The maximum absolute atomic E-state index is 13.3. The lowest BCUT2D eigenvalue weighted by atomic mass is 10.00. The van der Waals surface area contributed by atoms with Gasteiger partial charge in [-0.2, -0.15) is 0 Å². The molecule has 106 valence electrons. The first-order valence-corrected chi connectivity index (χ1v) is 6.51. The van der Waals surface area contributed by atoms with Gasteiger partial charge in [0.25, 0.3) is 0 Å². The van der Waals surface area contributed by atoms with Crippen molar-refractivity contribution in [1.29, 1.82) is 0 Å². The van der Waals surface area contributed by atoms with E-state index >= 15 is 0 Å². The summed E-state index contributed by atoms with van der Waals surface area (Å²) in [6.07, 6.45) is 0. The molecule has 20 heavy (non-hydrogen) atoms. The van der Waals surface area contributed by atoms with Gasteiger partial charge in [0, 0.05) is 6.04 Å². The zero-order valence-electron chi connectivity index (χ0n) is 11.4. The van der Waals surface area contributed by atoms with Crippen molar-refractivity contribution in [2.75, 3.05) is 6.54 Å². The van der Waals surface area contributed by atoms with E-state index in [1.807, 2.05) is 32.0 Å². The van der Waals surface area contributed by atoms with E-state index in [-0.39, 0.29) is 6.04 Å². The topological polar surface area (TPSA) is 12.0 Å². The minimum absolute atomic E-state index is 0.134. The molecule has 0 heterocycles. The average Bonchev–Trinajstić information content (AvgIpc) is 2.44. The molecule has 1 nitrogen and oxygen atoms in total. The third kappa shape index (κ3) is 3.02. The smallest absolute Gasteiger partial charge is 0.194 e. The molecule has 0 radical (unpaired) electrons. The normalized spacial score (nSPS) is 12.4. The van der Waals surface area contributed by atoms with Gasteiger partial charge in [-0.25, -0.2) is 13.2 Å². The number of hydrogen-bond acceptors (Lipinski definition) is 1. The molecule has 0 saturated carbocycles. The van der Waals surface area contributed by atoms with Gasteiger partial charge in [0.05, 0.1) is 0 Å². The van der Waals surface area contributed by atoms with Crippen molar-refractivity contribution in [1.82, 2.24) is 5.32 Å². The highest BCUT2D eigenvalue weighted by Gasteiger charge is 2.12. The van der Waals surface area contributed by atoms with Crippen LogP contribution in [0.5, 0.6) is 0 Å². The molecule has 0 aliphatic carbocycles. The monoisotopic (exact) mass is 279 g/mol. The van der Waals surface area contributed by atoms with Gasteiger partial charge in [0.1, 0.15) is 0 Å². The summed E-state index contributed by atoms with van der Waals surface area (Å²) in [4.78, 5) is 0. The summed E-state index contributed by atoms with van der Waals surface area (Å²) in [6, 6.07) is 9.50. The molecular formula is C16H16F3N. The summed E-state index contributed by atoms with van der Waals surface area (Å²) < 4.78 is 39.5. The fraction of sp³-hybridized carbons (Fsp3) is 0.250. The van der Waals surface area contributed by atoms with Gasteiger partial charge in [-0.05, 0) is 48.4 Å². The third-order valence-electron chi connectivity index (χ3n) is 3.21. The molecule has 0 spiro atoms. The standard InChI is InChI=1S/C16H16F3N/c1-3-20-10(2)11-5-4-6-12(7-11)13-8-14(17)16(19)15(18)9-13/h4-10,20H,3H2,1-2H3. The van der Waals surface area contributed by atoms with Gasteiger partial charge in [0.2, 0.25) is 0 Å². The largest absolute Gasteiger partial charge is 0.310 e. The molecule has 2 aromatic rings. The van der Waals surface area contributed by atoms with E-state index in [1.54, 1.807) is 6.07 Å². The van der Waals surface area contributed by atoms with Crippen LogP contribution in [0.4, 0.5) is 13.2 Å². The summed E-state index contributed by atoms with van der Waals surface area (Å²) in [5.74, 6) is -3.79. The maximum Gasteiger partial charge on any atom is 0.194 e. The third-order valence-corrected chi connectivity index (χ3v) is 3.21. The molecular weight excluding hydrogens is 263 g/mol. The lowest BCUT2D eigenvalue weighted by Gasteiger charge is -2.14. The number of benzene rings is 2. The first kappa shape index (κ1) is 14.6. The molecule has 0 bridgehead atoms. The van der Waals surface area contributed by atoms with Crippen LogP contribution in [0.25, 0.3) is 11.1 Å². The van der Waals surface area contributed by atoms with Gasteiger partial charge < -0.3 is 5.32 Å². The molecule has 4 heteroatoms. The summed E-state index contributed by atoms with van der Waals surface area (Å²) in [5.41, 5.74) is 1.99. The summed E-state index contributed by atoms with van der Waals surface area (Å²) in [7, 11) is 0. The predicted molar refractivity (Wildman–Crippen MR) is 73.8 cm³/mol. The van der Waals surface area contributed by atoms with Crippen LogP contribution in [0.15, 0.2) is 36.4 Å². The van der Waals surface area contributed by atoms with Crippen molar-refractivity contribution in [3.05, 3.63) is 59.4 Å². The zero-order chi connectivity index (χ0) is 14.7. The Kier molecular flexibility index (Phi) is 4.45. The molecule has 0 aliphatic heterocycles. The molecule has 0 aromatic heterocycles. The Morgan fingerprint density at radius 3 is 2.25 bits per heavy atom. The minimum Gasteiger partial charge on any atom is -0.310 e. The lowest BCUT2D eigenvalue weighted by Crippen LogP contribution is -2.17. The summed E-state index contributed by atoms with van der Waals surface area (Å²) in [6.45, 7) is 4.84. The lowest BCUT2D eigenvalue weighted by molar-refractivity contribution is 0.447. The molecule has 1 N–H and O–H groups in total. The summed E-state index contributed by atoms with van der Waals surface area (Å²) in [5, 5.41) is 3.26. The zero-order valence-corrected chi connectivity index (χ0v) is 11.4. The Balaban J connectivity index is 2.41. The van der Waals surface area contributed by atoms with Gasteiger partial charge >= 0.3 is 0 Å². The Morgan fingerprint density at radius 1 is 1.00 bits per heavy atom. The van der Waals surface area contributed by atoms with Crippen molar-refractivity contribution >= 4 is 0 Å². The van der Waals surface area contributed by atoms with Crippen molar-refractivity contribution in [3.8, 4) is 11.1 Å². The molecule has 2 rings (SSSR count). The molecule has 0 saturated heterocycles. The Bertz CT molecular complexity index is 587. The number of rotatable bonds is 4. The first-order valence-electron chi connectivity index (χ1n) is 6.51. The van der Waals surface area contributed by atoms with Crippen molar-refractivity contribution in [3.63, 3.8) is 0 Å². The van der Waals surface area contributed by atoms with Crippen LogP contribution in [-0.4, -0.2) is 6.54 Å². The van der Waals surface area contributed by atoms with Gasteiger partial charge in [-0.15, -0.1) is 0 Å². The Morgan fingerprint density at radius 2 is 1.65 bits per heavy atom. The highest BCUT2D eigenvalue weighted by molar-refractivity contribution is 5.64. The second-order valence-corrected chi connectivity index (χ2v) is 4.66. The molecule has 1 unspecified atom stereocenters. The van der Waals surface area contributed by atoms with Crippen molar-refractivity contribution < 1.29 is 13.2 Å². The fourth-order valence-electron chi connectivity index (χ4n) is 2.13. The van der Waals surface area contributed by atoms with Gasteiger partial charge in [-0.3, -0.25) is 0 Å². The Labute approximate surface area is 116 Å². The minimum atomic E-state index is -1.44. The molecule has 2 aromatic carbocycles. The Hall–Kier alpha value is -1.81.